The topological polar surface area (TPSA) is 20.2 Å². The Labute approximate surface area is 220 Å². The van der Waals surface area contributed by atoms with E-state index >= 15 is 0 Å². The lowest BCUT2D eigenvalue weighted by atomic mass is 9.78. The fraction of sp³-hybridized carbons (Fsp3) is 0.765. The van der Waals surface area contributed by atoms with Gasteiger partial charge in [-0.15, -0.1) is 0 Å². The SMILES string of the molecule is CC(=CCc1cc(C(C)(C)C)c(O)c(C(C)(C)C)c1)CCCC(C)CCCC(C)CCCC(C)C. The van der Waals surface area contributed by atoms with Crippen molar-refractivity contribution in [1.82, 2.24) is 0 Å². The lowest BCUT2D eigenvalue weighted by molar-refractivity contribution is 0.389. The zero-order valence-electron chi connectivity index (χ0n) is 25.5. The van der Waals surface area contributed by atoms with Gasteiger partial charge in [-0.25, -0.2) is 0 Å². The molecule has 0 aliphatic carbocycles. The summed E-state index contributed by atoms with van der Waals surface area (Å²) in [6.45, 7) is 25.0. The quantitative estimate of drug-likeness (QED) is 0.260. The van der Waals surface area contributed by atoms with E-state index < -0.39 is 0 Å². The molecular formula is C34H60O. The van der Waals surface area contributed by atoms with Crippen LogP contribution in [0.25, 0.3) is 0 Å². The summed E-state index contributed by atoms with van der Waals surface area (Å²) < 4.78 is 0. The van der Waals surface area contributed by atoms with Crippen LogP contribution in [0.5, 0.6) is 5.75 Å². The van der Waals surface area contributed by atoms with E-state index in [0.29, 0.717) is 5.75 Å². The Morgan fingerprint density at radius 1 is 0.743 bits per heavy atom. The summed E-state index contributed by atoms with van der Waals surface area (Å²) in [4.78, 5) is 0. The van der Waals surface area contributed by atoms with Crippen molar-refractivity contribution >= 4 is 0 Å². The van der Waals surface area contributed by atoms with Crippen molar-refractivity contribution in [3.05, 3.63) is 40.5 Å². The third-order valence-electron chi connectivity index (χ3n) is 7.61. The fourth-order valence-electron chi connectivity index (χ4n) is 5.06. The summed E-state index contributed by atoms with van der Waals surface area (Å²) in [6, 6.07) is 4.44. The molecule has 1 N–H and O–H groups in total. The number of rotatable bonds is 14. The zero-order valence-corrected chi connectivity index (χ0v) is 25.5. The van der Waals surface area contributed by atoms with Crippen LogP contribution in [0.4, 0.5) is 0 Å². The number of allylic oxidation sites excluding steroid dienone is 2. The minimum Gasteiger partial charge on any atom is -0.507 e. The van der Waals surface area contributed by atoms with Crippen molar-refractivity contribution in [2.45, 2.75) is 151 Å². The van der Waals surface area contributed by atoms with Crippen LogP contribution in [-0.4, -0.2) is 5.11 Å². The Hall–Kier alpha value is -1.24. The van der Waals surface area contributed by atoms with Crippen molar-refractivity contribution in [1.29, 1.82) is 0 Å². The van der Waals surface area contributed by atoms with Crippen molar-refractivity contribution in [2.24, 2.45) is 17.8 Å². The van der Waals surface area contributed by atoms with Gasteiger partial charge in [-0.3, -0.25) is 0 Å². The van der Waals surface area contributed by atoms with Crippen LogP contribution in [0.3, 0.4) is 0 Å². The first-order valence-electron chi connectivity index (χ1n) is 14.6. The van der Waals surface area contributed by atoms with E-state index in [4.69, 9.17) is 0 Å². The van der Waals surface area contributed by atoms with Crippen LogP contribution in [0.1, 0.15) is 151 Å². The van der Waals surface area contributed by atoms with Crippen LogP contribution >= 0.6 is 0 Å². The molecule has 0 saturated carbocycles. The largest absolute Gasteiger partial charge is 0.507 e. The average Bonchev–Trinajstić information content (AvgIpc) is 2.71. The lowest BCUT2D eigenvalue weighted by Crippen LogP contribution is -2.17. The van der Waals surface area contributed by atoms with Gasteiger partial charge in [-0.2, -0.15) is 0 Å². The molecule has 1 aromatic carbocycles. The van der Waals surface area contributed by atoms with Gasteiger partial charge in [0.15, 0.2) is 0 Å². The van der Waals surface area contributed by atoms with Crippen LogP contribution in [0, 0.1) is 17.8 Å². The van der Waals surface area contributed by atoms with Crippen molar-refractivity contribution in [3.63, 3.8) is 0 Å². The van der Waals surface area contributed by atoms with Crippen LogP contribution in [-0.2, 0) is 17.3 Å². The maximum Gasteiger partial charge on any atom is 0.123 e. The molecular weight excluding hydrogens is 424 g/mol. The predicted molar refractivity (Wildman–Crippen MR) is 158 cm³/mol. The Morgan fingerprint density at radius 3 is 1.60 bits per heavy atom. The predicted octanol–water partition coefficient (Wildman–Crippen LogP) is 10.9. The van der Waals surface area contributed by atoms with E-state index in [1.807, 2.05) is 0 Å². The zero-order chi connectivity index (χ0) is 26.8. The van der Waals surface area contributed by atoms with Crippen molar-refractivity contribution < 1.29 is 5.11 Å². The van der Waals surface area contributed by atoms with E-state index in [2.05, 4.69) is 94.4 Å². The Balaban J connectivity index is 2.53. The standard InChI is InChI=1S/C34H60O/c1-25(2)15-12-16-26(3)17-13-18-27(4)19-14-20-28(5)21-22-29-23-30(33(6,7)8)32(35)31(24-29)34(9,10)11/h21,23-27,35H,12-20,22H2,1-11H3. The molecule has 0 heterocycles. The first kappa shape index (κ1) is 31.8. The van der Waals surface area contributed by atoms with Gasteiger partial charge in [0, 0.05) is 0 Å². The van der Waals surface area contributed by atoms with Gasteiger partial charge in [0.25, 0.3) is 0 Å². The van der Waals surface area contributed by atoms with Gasteiger partial charge in [0.1, 0.15) is 5.75 Å². The van der Waals surface area contributed by atoms with Gasteiger partial charge in [-0.05, 0) is 71.5 Å². The van der Waals surface area contributed by atoms with Crippen LogP contribution < -0.4 is 0 Å². The fourth-order valence-corrected chi connectivity index (χ4v) is 5.06. The highest BCUT2D eigenvalue weighted by Crippen LogP contribution is 2.40. The van der Waals surface area contributed by atoms with Gasteiger partial charge >= 0.3 is 0 Å². The Bertz CT molecular complexity index is 734. The lowest BCUT2D eigenvalue weighted by Gasteiger charge is -2.28. The molecule has 2 atom stereocenters. The van der Waals surface area contributed by atoms with E-state index in [9.17, 15) is 5.11 Å². The summed E-state index contributed by atoms with van der Waals surface area (Å²) in [5, 5.41) is 11.0. The second kappa shape index (κ2) is 14.5. The molecule has 0 aliphatic heterocycles. The van der Waals surface area contributed by atoms with E-state index in [1.54, 1.807) is 0 Å². The Kier molecular flexibility index (Phi) is 13.2. The number of phenols is 1. The molecule has 35 heavy (non-hydrogen) atoms. The molecule has 1 aromatic rings. The third-order valence-corrected chi connectivity index (χ3v) is 7.61. The molecule has 1 nitrogen and oxygen atoms in total. The number of hydrogen-bond donors (Lipinski definition) is 1. The first-order valence-corrected chi connectivity index (χ1v) is 14.6. The molecule has 0 amide bonds. The summed E-state index contributed by atoms with van der Waals surface area (Å²) >= 11 is 0. The number of phenolic OH excluding ortho intramolecular Hbond substituents is 1. The summed E-state index contributed by atoms with van der Waals surface area (Å²) in [5.74, 6) is 3.06. The molecule has 0 bridgehead atoms. The molecule has 0 aromatic heterocycles. The van der Waals surface area contributed by atoms with E-state index in [1.165, 1.54) is 68.9 Å². The number of benzene rings is 1. The van der Waals surface area contributed by atoms with Gasteiger partial charge in [0.05, 0.1) is 0 Å². The molecule has 0 aliphatic rings. The van der Waals surface area contributed by atoms with E-state index in [-0.39, 0.29) is 10.8 Å². The second-order valence-electron chi connectivity index (χ2n) is 14.2. The van der Waals surface area contributed by atoms with Crippen LogP contribution in [0.2, 0.25) is 0 Å². The van der Waals surface area contributed by atoms with Crippen molar-refractivity contribution in [2.75, 3.05) is 0 Å². The smallest absolute Gasteiger partial charge is 0.123 e. The minimum atomic E-state index is -0.0686. The van der Waals surface area contributed by atoms with Crippen molar-refractivity contribution in [3.8, 4) is 5.75 Å². The average molecular weight is 485 g/mol. The van der Waals surface area contributed by atoms with Gasteiger partial charge in [-0.1, -0.05) is 138 Å². The molecule has 2 unspecified atom stereocenters. The minimum absolute atomic E-state index is 0.0686. The van der Waals surface area contributed by atoms with Gasteiger partial charge < -0.3 is 5.11 Å². The molecule has 0 saturated heterocycles. The normalized spacial score (nSPS) is 15.0. The van der Waals surface area contributed by atoms with Crippen LogP contribution in [0.15, 0.2) is 23.8 Å². The summed E-state index contributed by atoms with van der Waals surface area (Å²) in [5.41, 5.74) is 4.80. The highest BCUT2D eigenvalue weighted by atomic mass is 16.3. The molecule has 0 radical (unpaired) electrons. The highest BCUT2D eigenvalue weighted by Gasteiger charge is 2.26. The second-order valence-corrected chi connectivity index (χ2v) is 14.2. The molecule has 1 heteroatoms. The maximum atomic E-state index is 11.0. The maximum absolute atomic E-state index is 11.0. The number of aromatic hydroxyl groups is 1. The number of hydrogen-bond acceptors (Lipinski definition) is 1. The van der Waals surface area contributed by atoms with Gasteiger partial charge in [0.2, 0.25) is 0 Å². The molecule has 1 rings (SSSR count). The third kappa shape index (κ3) is 12.5. The molecule has 202 valence electrons. The monoisotopic (exact) mass is 484 g/mol. The molecule has 0 fully saturated rings. The molecule has 0 spiro atoms. The Morgan fingerprint density at radius 2 is 1.17 bits per heavy atom. The van der Waals surface area contributed by atoms with E-state index in [0.717, 1.165) is 35.3 Å². The summed E-state index contributed by atoms with van der Waals surface area (Å²) in [7, 11) is 0. The first-order chi connectivity index (χ1) is 16.1. The highest BCUT2D eigenvalue weighted by molar-refractivity contribution is 5.50. The summed E-state index contributed by atoms with van der Waals surface area (Å²) in [6.07, 6.45) is 15.6.